The molecule has 0 aliphatic heterocycles. The quantitative estimate of drug-likeness (QED) is 0.458. The summed E-state index contributed by atoms with van der Waals surface area (Å²) >= 11 is 0. The Hall–Kier alpha value is -1.36. The van der Waals surface area contributed by atoms with Gasteiger partial charge in [-0.3, -0.25) is 0 Å². The molecule has 0 amide bonds. The van der Waals surface area contributed by atoms with Crippen LogP contribution >= 0.6 is 0 Å². The van der Waals surface area contributed by atoms with E-state index in [-0.39, 0.29) is 0 Å². The van der Waals surface area contributed by atoms with Gasteiger partial charge in [0.05, 0.1) is 0 Å². The molecule has 0 aliphatic carbocycles. The number of unbranched alkanes of at least 4 members (excludes halogenated alkanes) is 4. The van der Waals surface area contributed by atoms with E-state index in [1.807, 2.05) is 0 Å². The molecule has 0 radical (unpaired) electrons. The third-order valence-electron chi connectivity index (χ3n) is 1.63. The van der Waals surface area contributed by atoms with Crippen LogP contribution in [0.1, 0.15) is 39.0 Å². The highest BCUT2D eigenvalue weighted by atomic mass is 16.4. The zero-order valence-electron chi connectivity index (χ0n) is 9.56. The minimum atomic E-state index is -1.26. The van der Waals surface area contributed by atoms with Crippen molar-refractivity contribution in [2.45, 2.75) is 39.0 Å². The topological polar surface area (TPSA) is 94.8 Å². The van der Waals surface area contributed by atoms with Crippen LogP contribution in [0.25, 0.3) is 0 Å². The van der Waals surface area contributed by atoms with Gasteiger partial charge in [-0.2, -0.15) is 0 Å². The maximum atomic E-state index is 9.55. The molecule has 5 nitrogen and oxygen atoms in total. The van der Waals surface area contributed by atoms with E-state index in [1.165, 1.54) is 25.7 Å². The van der Waals surface area contributed by atoms with E-state index in [0.29, 0.717) is 18.8 Å². The SMILES string of the molecule is CCCCCCCO.O=C(O)/C=C\C(=O)O. The second-order valence-electron chi connectivity index (χ2n) is 3.15. The van der Waals surface area contributed by atoms with Gasteiger partial charge in [0.15, 0.2) is 0 Å². The summed E-state index contributed by atoms with van der Waals surface area (Å²) in [6.45, 7) is 2.56. The van der Waals surface area contributed by atoms with E-state index >= 15 is 0 Å². The normalized spacial score (nSPS) is 9.62. The van der Waals surface area contributed by atoms with Gasteiger partial charge in [-0.1, -0.05) is 32.6 Å². The Labute approximate surface area is 95.4 Å². The minimum Gasteiger partial charge on any atom is -0.478 e. The van der Waals surface area contributed by atoms with Crippen molar-refractivity contribution in [3.63, 3.8) is 0 Å². The highest BCUT2D eigenvalue weighted by Crippen LogP contribution is 2.00. The van der Waals surface area contributed by atoms with E-state index in [1.54, 1.807) is 0 Å². The molecule has 0 saturated heterocycles. The number of aliphatic carboxylic acids is 2. The summed E-state index contributed by atoms with van der Waals surface area (Å²) in [6, 6.07) is 0. The lowest BCUT2D eigenvalue weighted by Gasteiger charge is -1.93. The molecule has 0 aliphatic rings. The molecule has 16 heavy (non-hydrogen) atoms. The number of hydrogen-bond donors (Lipinski definition) is 3. The lowest BCUT2D eigenvalue weighted by molar-refractivity contribution is -0.134. The van der Waals surface area contributed by atoms with Crippen LogP contribution in [0.2, 0.25) is 0 Å². The van der Waals surface area contributed by atoms with E-state index in [4.69, 9.17) is 15.3 Å². The van der Waals surface area contributed by atoms with Gasteiger partial charge < -0.3 is 15.3 Å². The summed E-state index contributed by atoms with van der Waals surface area (Å²) in [7, 11) is 0. The maximum absolute atomic E-state index is 9.55. The molecule has 5 heteroatoms. The monoisotopic (exact) mass is 232 g/mol. The van der Waals surface area contributed by atoms with Crippen LogP contribution in [-0.4, -0.2) is 33.9 Å². The Morgan fingerprint density at radius 1 is 0.938 bits per heavy atom. The molecule has 94 valence electrons. The molecule has 3 N–H and O–H groups in total. The zero-order chi connectivity index (χ0) is 12.8. The van der Waals surface area contributed by atoms with Gasteiger partial charge in [-0.25, -0.2) is 9.59 Å². The van der Waals surface area contributed by atoms with Crippen LogP contribution in [0.5, 0.6) is 0 Å². The van der Waals surface area contributed by atoms with Crippen molar-refractivity contribution < 1.29 is 24.9 Å². The predicted molar refractivity (Wildman–Crippen MR) is 60.3 cm³/mol. The van der Waals surface area contributed by atoms with Crippen molar-refractivity contribution >= 4 is 11.9 Å². The number of hydrogen-bond acceptors (Lipinski definition) is 3. The fourth-order valence-electron chi connectivity index (χ4n) is 0.858. The third kappa shape index (κ3) is 22.9. The van der Waals surface area contributed by atoms with Crippen molar-refractivity contribution in [2.75, 3.05) is 6.61 Å². The number of carboxylic acid groups (broad SMARTS) is 2. The fraction of sp³-hybridized carbons (Fsp3) is 0.636. The lowest BCUT2D eigenvalue weighted by atomic mass is 10.2. The van der Waals surface area contributed by atoms with Crippen molar-refractivity contribution in [2.24, 2.45) is 0 Å². The third-order valence-corrected chi connectivity index (χ3v) is 1.63. The molecule has 0 spiro atoms. The van der Waals surface area contributed by atoms with Gasteiger partial charge >= 0.3 is 11.9 Å². The first-order valence-corrected chi connectivity index (χ1v) is 5.29. The molecular weight excluding hydrogens is 212 g/mol. The standard InChI is InChI=1S/C7H16O.C4H4O4/c1-2-3-4-5-6-7-8;5-3(6)1-2-4(7)8/h8H,2-7H2,1H3;1-2H,(H,5,6)(H,7,8)/b;2-1-. The van der Waals surface area contributed by atoms with Crippen LogP contribution in [0.15, 0.2) is 12.2 Å². The van der Waals surface area contributed by atoms with Crippen LogP contribution in [0, 0.1) is 0 Å². The molecule has 0 aromatic carbocycles. The van der Waals surface area contributed by atoms with Gasteiger partial charge in [-0.05, 0) is 6.42 Å². The lowest BCUT2D eigenvalue weighted by Crippen LogP contribution is -1.91. The molecule has 0 heterocycles. The van der Waals surface area contributed by atoms with E-state index in [9.17, 15) is 9.59 Å². The zero-order valence-corrected chi connectivity index (χ0v) is 9.56. The molecule has 0 atom stereocenters. The highest BCUT2D eigenvalue weighted by molar-refractivity contribution is 5.89. The second kappa shape index (κ2) is 13.6. The first kappa shape index (κ1) is 17.0. The number of rotatable bonds is 7. The second-order valence-corrected chi connectivity index (χ2v) is 3.15. The molecule has 0 aromatic rings. The van der Waals surface area contributed by atoms with Crippen LogP contribution in [0.4, 0.5) is 0 Å². The van der Waals surface area contributed by atoms with E-state index in [2.05, 4.69) is 6.92 Å². The van der Waals surface area contributed by atoms with Crippen LogP contribution in [-0.2, 0) is 9.59 Å². The average molecular weight is 232 g/mol. The van der Waals surface area contributed by atoms with Crippen LogP contribution in [0.3, 0.4) is 0 Å². The summed E-state index contributed by atoms with van der Waals surface area (Å²) in [5.74, 6) is -2.51. The number of aliphatic hydroxyl groups excluding tert-OH is 1. The molecule has 0 aromatic heterocycles. The maximum Gasteiger partial charge on any atom is 0.328 e. The smallest absolute Gasteiger partial charge is 0.328 e. The van der Waals surface area contributed by atoms with Gasteiger partial charge in [0, 0.05) is 18.8 Å². The van der Waals surface area contributed by atoms with Gasteiger partial charge in [0.25, 0.3) is 0 Å². The summed E-state index contributed by atoms with van der Waals surface area (Å²) in [4.78, 5) is 19.1. The molecule has 0 saturated carbocycles. The molecule has 0 bridgehead atoms. The Kier molecular flexibility index (Phi) is 14.5. The predicted octanol–water partition coefficient (Wildman–Crippen LogP) is 1.66. The van der Waals surface area contributed by atoms with Gasteiger partial charge in [-0.15, -0.1) is 0 Å². The molecule has 0 fully saturated rings. The number of aliphatic hydroxyl groups is 1. The van der Waals surface area contributed by atoms with Crippen molar-refractivity contribution in [1.82, 2.24) is 0 Å². The van der Waals surface area contributed by atoms with Crippen molar-refractivity contribution in [3.8, 4) is 0 Å². The van der Waals surface area contributed by atoms with E-state index < -0.39 is 11.9 Å². The summed E-state index contributed by atoms with van der Waals surface area (Å²) < 4.78 is 0. The first-order chi connectivity index (χ1) is 7.54. The summed E-state index contributed by atoms with van der Waals surface area (Å²) in [5.41, 5.74) is 0. The molecule has 0 unspecified atom stereocenters. The molecule has 0 rings (SSSR count). The summed E-state index contributed by atoms with van der Waals surface area (Å²) in [6.07, 6.45) is 7.19. The van der Waals surface area contributed by atoms with Gasteiger partial charge in [0.1, 0.15) is 0 Å². The highest BCUT2D eigenvalue weighted by Gasteiger charge is 1.88. The number of carboxylic acids is 2. The summed E-state index contributed by atoms with van der Waals surface area (Å²) in [5, 5.41) is 24.0. The minimum absolute atomic E-state index is 0.365. The fourth-order valence-corrected chi connectivity index (χ4v) is 0.858. The Bertz CT molecular complexity index is 188. The van der Waals surface area contributed by atoms with Crippen molar-refractivity contribution in [3.05, 3.63) is 12.2 Å². The van der Waals surface area contributed by atoms with Crippen LogP contribution < -0.4 is 0 Å². The van der Waals surface area contributed by atoms with Gasteiger partial charge in [0.2, 0.25) is 0 Å². The largest absolute Gasteiger partial charge is 0.478 e. The number of carbonyl (C=O) groups is 2. The Morgan fingerprint density at radius 3 is 1.69 bits per heavy atom. The van der Waals surface area contributed by atoms with E-state index in [0.717, 1.165) is 6.42 Å². The molecular formula is C11H20O5. The average Bonchev–Trinajstić information content (AvgIpc) is 2.23. The van der Waals surface area contributed by atoms with Crippen molar-refractivity contribution in [1.29, 1.82) is 0 Å². The Balaban J connectivity index is 0. The first-order valence-electron chi connectivity index (χ1n) is 5.29. The Morgan fingerprint density at radius 2 is 1.38 bits per heavy atom.